The van der Waals surface area contributed by atoms with E-state index in [9.17, 15) is 24.5 Å². The number of Topliss-reactive ketones (excluding diaryl/α,β-unsaturated/α-hetero) is 1. The first-order valence-electron chi connectivity index (χ1n) is 9.03. The monoisotopic (exact) mass is 397 g/mol. The summed E-state index contributed by atoms with van der Waals surface area (Å²) < 4.78 is 5.00. The second-order valence-corrected chi connectivity index (χ2v) is 6.45. The predicted octanol–water partition coefficient (Wildman–Crippen LogP) is 2.71. The highest BCUT2D eigenvalue weighted by Crippen LogP contribution is 2.24. The maximum absolute atomic E-state index is 12.3. The van der Waals surface area contributed by atoms with Crippen molar-refractivity contribution in [2.75, 3.05) is 23.8 Å². The number of nitro benzene ring substituents is 1. The molecule has 150 valence electrons. The number of rotatable bonds is 8. The van der Waals surface area contributed by atoms with Crippen molar-refractivity contribution >= 4 is 34.7 Å². The lowest BCUT2D eigenvalue weighted by Crippen LogP contribution is -2.20. The number of esters is 1. The summed E-state index contributed by atoms with van der Waals surface area (Å²) in [6.45, 7) is -0.258. The van der Waals surface area contributed by atoms with Gasteiger partial charge in [-0.15, -0.1) is 0 Å². The Morgan fingerprint density at radius 2 is 1.97 bits per heavy atom. The van der Waals surface area contributed by atoms with Crippen molar-refractivity contribution in [2.45, 2.75) is 19.3 Å². The summed E-state index contributed by atoms with van der Waals surface area (Å²) in [5, 5.41) is 16.5. The number of benzene rings is 2. The molecule has 1 aliphatic heterocycles. The number of ketones is 1. The minimum absolute atomic E-state index is 0.0461. The van der Waals surface area contributed by atoms with E-state index >= 15 is 0 Å². The van der Waals surface area contributed by atoms with E-state index in [-0.39, 0.29) is 30.3 Å². The molecule has 0 saturated carbocycles. The maximum Gasteiger partial charge on any atom is 0.308 e. The SMILES string of the molecule is O=C1CCc2cc(C(=O)COC(=O)CCNc3ccccc3[N+](=O)[O-])ccc2N1. The van der Waals surface area contributed by atoms with Crippen LogP contribution < -0.4 is 10.6 Å². The Kier molecular flexibility index (Phi) is 6.18. The molecule has 0 aromatic heterocycles. The highest BCUT2D eigenvalue weighted by Gasteiger charge is 2.18. The van der Waals surface area contributed by atoms with Crippen molar-refractivity contribution in [1.82, 2.24) is 0 Å². The summed E-state index contributed by atoms with van der Waals surface area (Å²) in [7, 11) is 0. The first-order chi connectivity index (χ1) is 13.9. The Morgan fingerprint density at radius 3 is 2.76 bits per heavy atom. The van der Waals surface area contributed by atoms with Crippen LogP contribution >= 0.6 is 0 Å². The quantitative estimate of drug-likeness (QED) is 0.303. The molecule has 1 heterocycles. The number of hydrogen-bond donors (Lipinski definition) is 2. The molecule has 3 rings (SSSR count). The average Bonchev–Trinajstić information content (AvgIpc) is 2.71. The van der Waals surface area contributed by atoms with Crippen molar-refractivity contribution in [2.24, 2.45) is 0 Å². The number of aryl methyl sites for hydroxylation is 1. The van der Waals surface area contributed by atoms with Gasteiger partial charge in [0.25, 0.3) is 5.69 Å². The predicted molar refractivity (Wildman–Crippen MR) is 105 cm³/mol. The number of fused-ring (bicyclic) bond motifs is 1. The van der Waals surface area contributed by atoms with Crippen LogP contribution in [0.15, 0.2) is 42.5 Å². The standard InChI is InChI=1S/C20H19N3O6/c24-18(14-5-7-15-13(11-14)6-8-19(25)22-15)12-29-20(26)9-10-21-16-3-1-2-4-17(16)23(27)28/h1-5,7,11,21H,6,8-10,12H2,(H,22,25). The highest BCUT2D eigenvalue weighted by molar-refractivity contribution is 6.00. The third-order valence-corrected chi connectivity index (χ3v) is 4.43. The van der Waals surface area contributed by atoms with Crippen molar-refractivity contribution < 1.29 is 24.0 Å². The van der Waals surface area contributed by atoms with E-state index in [4.69, 9.17) is 4.74 Å². The smallest absolute Gasteiger partial charge is 0.308 e. The number of hydrogen-bond acceptors (Lipinski definition) is 7. The number of carbonyl (C=O) groups excluding carboxylic acids is 3. The van der Waals surface area contributed by atoms with E-state index in [1.54, 1.807) is 36.4 Å². The van der Waals surface area contributed by atoms with Gasteiger partial charge >= 0.3 is 5.97 Å². The van der Waals surface area contributed by atoms with Gasteiger partial charge in [0, 0.05) is 30.3 Å². The Labute approximate surface area is 166 Å². The van der Waals surface area contributed by atoms with Gasteiger partial charge in [-0.3, -0.25) is 24.5 Å². The van der Waals surface area contributed by atoms with Crippen molar-refractivity contribution in [3.8, 4) is 0 Å². The molecule has 0 spiro atoms. The van der Waals surface area contributed by atoms with Crippen LogP contribution in [0.25, 0.3) is 0 Å². The average molecular weight is 397 g/mol. The van der Waals surface area contributed by atoms with E-state index < -0.39 is 17.5 Å². The van der Waals surface area contributed by atoms with Crippen molar-refractivity contribution in [3.05, 3.63) is 63.7 Å². The normalized spacial score (nSPS) is 12.5. The molecule has 29 heavy (non-hydrogen) atoms. The summed E-state index contributed by atoms with van der Waals surface area (Å²) in [6.07, 6.45) is 0.876. The first kappa shape index (κ1) is 20.0. The lowest BCUT2D eigenvalue weighted by Gasteiger charge is -2.17. The van der Waals surface area contributed by atoms with Crippen molar-refractivity contribution in [1.29, 1.82) is 0 Å². The van der Waals surface area contributed by atoms with Gasteiger partial charge in [-0.1, -0.05) is 12.1 Å². The third kappa shape index (κ3) is 5.16. The number of carbonyl (C=O) groups is 3. The summed E-state index contributed by atoms with van der Waals surface area (Å²) in [5.74, 6) is -0.987. The van der Waals surface area contributed by atoms with Crippen LogP contribution in [0.5, 0.6) is 0 Å². The van der Waals surface area contributed by atoms with E-state index in [0.29, 0.717) is 29.8 Å². The van der Waals surface area contributed by atoms with Crippen LogP contribution in [-0.4, -0.2) is 35.7 Å². The molecule has 9 nitrogen and oxygen atoms in total. The molecule has 0 unspecified atom stereocenters. The molecule has 1 aliphatic rings. The van der Waals surface area contributed by atoms with Gasteiger partial charge in [-0.25, -0.2) is 0 Å². The molecule has 0 bridgehead atoms. The summed E-state index contributed by atoms with van der Waals surface area (Å²) in [4.78, 5) is 45.9. The molecule has 0 aliphatic carbocycles. The largest absolute Gasteiger partial charge is 0.457 e. The van der Waals surface area contributed by atoms with E-state index in [1.807, 2.05) is 0 Å². The van der Waals surface area contributed by atoms with E-state index in [0.717, 1.165) is 5.56 Å². The van der Waals surface area contributed by atoms with Crippen LogP contribution in [0.1, 0.15) is 28.8 Å². The van der Waals surface area contributed by atoms with Gasteiger partial charge in [-0.2, -0.15) is 0 Å². The number of nitrogens with one attached hydrogen (secondary N) is 2. The molecule has 0 atom stereocenters. The molecule has 0 radical (unpaired) electrons. The Balaban J connectivity index is 1.47. The fourth-order valence-corrected chi connectivity index (χ4v) is 2.94. The molecule has 2 aromatic rings. The lowest BCUT2D eigenvalue weighted by atomic mass is 9.99. The van der Waals surface area contributed by atoms with E-state index in [2.05, 4.69) is 10.6 Å². The second kappa shape index (κ2) is 8.96. The summed E-state index contributed by atoms with van der Waals surface area (Å²) in [5.41, 5.74) is 2.19. The molecular weight excluding hydrogens is 378 g/mol. The van der Waals surface area contributed by atoms with Gasteiger partial charge in [0.2, 0.25) is 5.91 Å². The number of anilines is 2. The second-order valence-electron chi connectivity index (χ2n) is 6.45. The number of nitro groups is 1. The summed E-state index contributed by atoms with van der Waals surface area (Å²) >= 11 is 0. The number of amides is 1. The molecular formula is C20H19N3O6. The van der Waals surface area contributed by atoms with Crippen LogP contribution in [0.4, 0.5) is 17.1 Å². The van der Waals surface area contributed by atoms with Gasteiger partial charge < -0.3 is 15.4 Å². The minimum Gasteiger partial charge on any atom is -0.457 e. The van der Waals surface area contributed by atoms with Gasteiger partial charge in [0.05, 0.1) is 11.3 Å². The number of ether oxygens (including phenoxy) is 1. The van der Waals surface area contributed by atoms with Crippen molar-refractivity contribution in [3.63, 3.8) is 0 Å². The Bertz CT molecular complexity index is 972. The van der Waals surface area contributed by atoms with Crippen LogP contribution in [0, 0.1) is 10.1 Å². The zero-order valence-corrected chi connectivity index (χ0v) is 15.5. The first-order valence-corrected chi connectivity index (χ1v) is 9.03. The number of para-hydroxylation sites is 2. The lowest BCUT2D eigenvalue weighted by molar-refractivity contribution is -0.384. The molecule has 2 aromatic carbocycles. The molecule has 1 amide bonds. The fraction of sp³-hybridized carbons (Fsp3) is 0.250. The maximum atomic E-state index is 12.3. The topological polar surface area (TPSA) is 128 Å². The number of nitrogens with zero attached hydrogens (tertiary/aromatic N) is 1. The fourth-order valence-electron chi connectivity index (χ4n) is 2.94. The van der Waals surface area contributed by atoms with Gasteiger partial charge in [0.15, 0.2) is 12.4 Å². The third-order valence-electron chi connectivity index (χ3n) is 4.43. The molecule has 2 N–H and O–H groups in total. The van der Waals surface area contributed by atoms with Gasteiger partial charge in [0.1, 0.15) is 5.69 Å². The zero-order valence-electron chi connectivity index (χ0n) is 15.5. The zero-order chi connectivity index (χ0) is 20.8. The molecule has 0 saturated heterocycles. The summed E-state index contributed by atoms with van der Waals surface area (Å²) in [6, 6.07) is 11.1. The Morgan fingerprint density at radius 1 is 1.17 bits per heavy atom. The van der Waals surface area contributed by atoms with Crippen LogP contribution in [0.3, 0.4) is 0 Å². The van der Waals surface area contributed by atoms with Crippen LogP contribution in [0.2, 0.25) is 0 Å². The Hall–Kier alpha value is -3.75. The van der Waals surface area contributed by atoms with Crippen LogP contribution in [-0.2, 0) is 20.7 Å². The minimum atomic E-state index is -0.588. The molecule has 9 heteroatoms. The van der Waals surface area contributed by atoms with E-state index in [1.165, 1.54) is 6.07 Å². The molecule has 0 fully saturated rings. The highest BCUT2D eigenvalue weighted by atomic mass is 16.6. The van der Waals surface area contributed by atoms with Gasteiger partial charge in [-0.05, 0) is 36.2 Å².